The highest BCUT2D eigenvalue weighted by Crippen LogP contribution is 2.34. The topological polar surface area (TPSA) is 103 Å². The van der Waals surface area contributed by atoms with Crippen molar-refractivity contribution in [2.45, 2.75) is 23.3 Å². The molecule has 0 radical (unpaired) electrons. The van der Waals surface area contributed by atoms with Gasteiger partial charge in [0.25, 0.3) is 11.8 Å². The van der Waals surface area contributed by atoms with Gasteiger partial charge < -0.3 is 19.9 Å². The molecule has 1 aliphatic rings. The van der Waals surface area contributed by atoms with Gasteiger partial charge in [0, 0.05) is 33.4 Å². The maximum absolute atomic E-state index is 13.0. The van der Waals surface area contributed by atoms with Crippen LogP contribution in [0, 0.1) is 6.92 Å². The van der Waals surface area contributed by atoms with Gasteiger partial charge in [0.1, 0.15) is 10.8 Å². The van der Waals surface area contributed by atoms with E-state index < -0.39 is 11.2 Å². The fourth-order valence-electron chi connectivity index (χ4n) is 3.86. The fraction of sp³-hybridized carbons (Fsp3) is 0.115. The molecule has 1 aromatic heterocycles. The van der Waals surface area contributed by atoms with Crippen LogP contribution >= 0.6 is 11.3 Å². The van der Waals surface area contributed by atoms with Crippen molar-refractivity contribution in [1.29, 1.82) is 0 Å². The highest BCUT2D eigenvalue weighted by atomic mass is 32.2. The molecule has 0 spiro atoms. The number of aryl methyl sites for hydroxylation is 1. The lowest BCUT2D eigenvalue weighted by Crippen LogP contribution is -2.22. The summed E-state index contributed by atoms with van der Waals surface area (Å²) in [5, 5.41) is 6.53. The minimum absolute atomic E-state index is 0.301. The average Bonchev–Trinajstić information content (AvgIpc) is 3.32. The summed E-state index contributed by atoms with van der Waals surface area (Å²) in [7, 11) is 1.64. The third-order valence-corrected chi connectivity index (χ3v) is 8.20. The lowest BCUT2D eigenvalue weighted by Gasteiger charge is -2.12. The zero-order valence-electron chi connectivity index (χ0n) is 19.0. The van der Waals surface area contributed by atoms with Crippen molar-refractivity contribution in [3.63, 3.8) is 0 Å². The summed E-state index contributed by atoms with van der Waals surface area (Å²) < 4.78 is 18.4. The lowest BCUT2D eigenvalue weighted by atomic mass is 10.1. The number of aromatic nitrogens is 1. The third kappa shape index (κ3) is 4.53. The number of fused-ring (bicyclic) bond motifs is 2. The predicted octanol–water partition coefficient (Wildman–Crippen LogP) is 4.79. The Labute approximate surface area is 209 Å². The van der Waals surface area contributed by atoms with Crippen molar-refractivity contribution in [2.24, 2.45) is 0 Å². The van der Waals surface area contributed by atoms with E-state index in [1.807, 2.05) is 25.1 Å². The molecule has 9 heteroatoms. The van der Waals surface area contributed by atoms with E-state index in [-0.39, 0.29) is 11.8 Å². The number of anilines is 1. The molecular weight excluding hydrogens is 482 g/mol. The fourth-order valence-corrected chi connectivity index (χ4v) is 6.01. The number of thiazole rings is 1. The van der Waals surface area contributed by atoms with Crippen LogP contribution in [0.2, 0.25) is 0 Å². The molecule has 4 aromatic rings. The van der Waals surface area contributed by atoms with E-state index in [1.54, 1.807) is 55.8 Å². The number of benzene rings is 3. The standard InChI is InChI=1S/C26H21N3O4S2/c1-15-11-17(7-9-21(15)33-2)26-28-14-18(34-26)13-27-24(30)16-8-10-23-20(12-16)29-25(31)19-5-3-4-6-22(19)35(23)32/h3-12,14H,13H2,1-2H3,(H,27,30)(H,29,31). The van der Waals surface area contributed by atoms with E-state index in [9.17, 15) is 14.1 Å². The molecule has 1 atom stereocenters. The molecule has 0 saturated heterocycles. The monoisotopic (exact) mass is 503 g/mol. The van der Waals surface area contributed by atoms with E-state index in [4.69, 9.17) is 4.74 Å². The van der Waals surface area contributed by atoms with Crippen molar-refractivity contribution >= 4 is 40.0 Å². The average molecular weight is 504 g/mol. The van der Waals surface area contributed by atoms with Gasteiger partial charge in [0.05, 0.1) is 24.9 Å². The van der Waals surface area contributed by atoms with Crippen molar-refractivity contribution < 1.29 is 18.9 Å². The molecule has 0 saturated carbocycles. The Balaban J connectivity index is 1.30. The van der Waals surface area contributed by atoms with Crippen molar-refractivity contribution in [3.05, 3.63) is 88.4 Å². The van der Waals surface area contributed by atoms with Crippen molar-refractivity contribution in [3.8, 4) is 16.3 Å². The van der Waals surface area contributed by atoms with Crippen molar-refractivity contribution in [2.75, 3.05) is 12.4 Å². The normalized spacial score (nSPS) is 14.4. The van der Waals surface area contributed by atoms with E-state index in [0.717, 1.165) is 26.8 Å². The number of nitrogens with one attached hydrogen (secondary N) is 2. The smallest absolute Gasteiger partial charge is 0.260 e. The van der Waals surface area contributed by atoms with Crippen LogP contribution in [-0.2, 0) is 17.7 Å². The van der Waals surface area contributed by atoms with Gasteiger partial charge >= 0.3 is 0 Å². The van der Waals surface area contributed by atoms with Gasteiger partial charge in [-0.25, -0.2) is 4.98 Å². The Kier molecular flexibility index (Phi) is 6.29. The van der Waals surface area contributed by atoms with Crippen LogP contribution in [0.4, 0.5) is 5.69 Å². The van der Waals surface area contributed by atoms with Crippen molar-refractivity contribution in [1.82, 2.24) is 10.3 Å². The Morgan fingerprint density at radius 3 is 2.77 bits per heavy atom. The predicted molar refractivity (Wildman–Crippen MR) is 136 cm³/mol. The summed E-state index contributed by atoms with van der Waals surface area (Å²) in [4.78, 5) is 31.8. The second kappa shape index (κ2) is 9.53. The Morgan fingerprint density at radius 1 is 1.14 bits per heavy atom. The molecule has 2 heterocycles. The SMILES string of the molecule is COc1ccc(-c2ncc(CNC(=O)c3ccc4c(c3)NC(=O)c3ccccc3[S+]4[O-])s2)cc1C. The zero-order valence-corrected chi connectivity index (χ0v) is 20.6. The number of rotatable bonds is 5. The molecule has 0 fully saturated rings. The number of nitrogens with zero attached hydrogens (tertiary/aromatic N) is 1. The van der Waals surface area contributed by atoms with Crippen LogP contribution in [0.1, 0.15) is 31.2 Å². The van der Waals surface area contributed by atoms with Gasteiger partial charge in [0.15, 0.2) is 9.79 Å². The summed E-state index contributed by atoms with van der Waals surface area (Å²) in [6.45, 7) is 2.29. The van der Waals surface area contributed by atoms with Gasteiger partial charge in [-0.05, 0) is 61.0 Å². The van der Waals surface area contributed by atoms with Crippen LogP contribution in [0.5, 0.6) is 5.75 Å². The molecule has 0 bridgehead atoms. The van der Waals surface area contributed by atoms with Crippen LogP contribution in [-0.4, -0.2) is 28.5 Å². The first kappa shape index (κ1) is 23.1. The van der Waals surface area contributed by atoms with E-state index >= 15 is 0 Å². The molecule has 176 valence electrons. The van der Waals surface area contributed by atoms with Gasteiger partial charge in [-0.15, -0.1) is 11.3 Å². The number of hydrogen-bond donors (Lipinski definition) is 2. The molecule has 2 amide bonds. The molecule has 5 rings (SSSR count). The second-order valence-electron chi connectivity index (χ2n) is 7.93. The number of methoxy groups -OCH3 is 1. The zero-order chi connectivity index (χ0) is 24.5. The first-order valence-electron chi connectivity index (χ1n) is 10.8. The first-order valence-corrected chi connectivity index (χ1v) is 12.8. The Morgan fingerprint density at radius 2 is 1.97 bits per heavy atom. The highest BCUT2D eigenvalue weighted by molar-refractivity contribution is 7.91. The molecule has 1 aliphatic heterocycles. The Hall–Kier alpha value is -3.66. The Bertz CT molecular complexity index is 1450. The summed E-state index contributed by atoms with van der Waals surface area (Å²) >= 11 is -0.0315. The van der Waals surface area contributed by atoms with E-state index in [0.29, 0.717) is 33.2 Å². The summed E-state index contributed by atoms with van der Waals surface area (Å²) in [6, 6.07) is 17.5. The quantitative estimate of drug-likeness (QED) is 0.381. The summed E-state index contributed by atoms with van der Waals surface area (Å²) in [5.74, 6) is 0.170. The van der Waals surface area contributed by atoms with Gasteiger partial charge in [-0.3, -0.25) is 9.59 Å². The van der Waals surface area contributed by atoms with Crippen LogP contribution < -0.4 is 15.4 Å². The molecule has 0 aliphatic carbocycles. The van der Waals surface area contributed by atoms with E-state index in [2.05, 4.69) is 15.6 Å². The number of hydrogen-bond acceptors (Lipinski definition) is 6. The number of carbonyl (C=O) groups excluding carboxylic acids is 2. The number of carbonyl (C=O) groups is 2. The molecular formula is C26H21N3O4S2. The van der Waals surface area contributed by atoms with Crippen LogP contribution in [0.3, 0.4) is 0 Å². The minimum atomic E-state index is -1.53. The van der Waals surface area contributed by atoms with Crippen LogP contribution in [0.15, 0.2) is 76.7 Å². The highest BCUT2D eigenvalue weighted by Gasteiger charge is 2.30. The summed E-state index contributed by atoms with van der Waals surface area (Å²) in [6.07, 6.45) is 1.75. The first-order chi connectivity index (χ1) is 16.9. The maximum atomic E-state index is 13.0. The molecule has 2 N–H and O–H groups in total. The van der Waals surface area contributed by atoms with E-state index in [1.165, 1.54) is 11.3 Å². The molecule has 3 aromatic carbocycles. The minimum Gasteiger partial charge on any atom is -0.606 e. The molecule has 7 nitrogen and oxygen atoms in total. The van der Waals surface area contributed by atoms with Gasteiger partial charge in [-0.2, -0.15) is 0 Å². The second-order valence-corrected chi connectivity index (χ2v) is 10.5. The lowest BCUT2D eigenvalue weighted by molar-refractivity contribution is 0.0949. The molecule has 1 unspecified atom stereocenters. The van der Waals surface area contributed by atoms with Gasteiger partial charge in [0.2, 0.25) is 0 Å². The molecule has 35 heavy (non-hydrogen) atoms. The maximum Gasteiger partial charge on any atom is 0.260 e. The third-order valence-electron chi connectivity index (χ3n) is 5.64. The van der Waals surface area contributed by atoms with Crippen LogP contribution in [0.25, 0.3) is 10.6 Å². The number of ether oxygens (including phenoxy) is 1. The number of amides is 2. The largest absolute Gasteiger partial charge is 0.606 e. The van der Waals surface area contributed by atoms with Gasteiger partial charge in [-0.1, -0.05) is 12.1 Å². The summed E-state index contributed by atoms with van der Waals surface area (Å²) in [5.41, 5.74) is 3.10.